The summed E-state index contributed by atoms with van der Waals surface area (Å²) in [4.78, 5) is 11.2. The summed E-state index contributed by atoms with van der Waals surface area (Å²) >= 11 is 0. The monoisotopic (exact) mass is 261 g/mol. The molecule has 0 bridgehead atoms. The first-order valence-electron chi connectivity index (χ1n) is 5.96. The van der Waals surface area contributed by atoms with E-state index in [0.29, 0.717) is 19.3 Å². The molecule has 0 radical (unpaired) electrons. The number of hydrogen-bond acceptors (Lipinski definition) is 5. The summed E-state index contributed by atoms with van der Waals surface area (Å²) in [7, 11) is 2.85. The Kier molecular flexibility index (Phi) is 3.61. The molecule has 1 aliphatic rings. The normalized spacial score (nSPS) is 20.9. The van der Waals surface area contributed by atoms with Crippen molar-refractivity contribution in [1.82, 2.24) is 0 Å². The summed E-state index contributed by atoms with van der Waals surface area (Å²) in [6, 6.07) is 7.79. The van der Waals surface area contributed by atoms with Crippen molar-refractivity contribution in [2.24, 2.45) is 0 Å². The molecule has 1 aromatic rings. The van der Waals surface area contributed by atoms with Crippen LogP contribution in [-0.4, -0.2) is 26.0 Å². The van der Waals surface area contributed by atoms with Crippen LogP contribution in [0.4, 0.5) is 4.79 Å². The SMILES string of the molecule is COC(=O)OC1(C#N)CCc2cc(OC)ccc2C1. The number of methoxy groups -OCH3 is 2. The van der Waals surface area contributed by atoms with Gasteiger partial charge in [-0.05, 0) is 29.7 Å². The Morgan fingerprint density at radius 1 is 1.37 bits per heavy atom. The highest BCUT2D eigenvalue weighted by atomic mass is 16.7. The third-order valence-corrected chi connectivity index (χ3v) is 3.34. The minimum Gasteiger partial charge on any atom is -0.497 e. The van der Waals surface area contributed by atoms with Crippen molar-refractivity contribution in [3.05, 3.63) is 29.3 Å². The van der Waals surface area contributed by atoms with Crippen molar-refractivity contribution < 1.29 is 19.0 Å². The zero-order chi connectivity index (χ0) is 13.9. The van der Waals surface area contributed by atoms with Gasteiger partial charge in [-0.1, -0.05) is 6.07 Å². The maximum atomic E-state index is 11.2. The molecule has 0 heterocycles. The number of benzene rings is 1. The Hall–Kier alpha value is -2.22. The van der Waals surface area contributed by atoms with Crippen LogP contribution in [-0.2, 0) is 22.3 Å². The van der Waals surface area contributed by atoms with Gasteiger partial charge in [0, 0.05) is 12.8 Å². The first kappa shape index (κ1) is 13.2. The Bertz CT molecular complexity index is 535. The second-order valence-electron chi connectivity index (χ2n) is 4.47. The number of nitrogens with zero attached hydrogens (tertiary/aromatic N) is 1. The molecule has 5 heteroatoms. The predicted molar refractivity (Wildman–Crippen MR) is 66.9 cm³/mol. The summed E-state index contributed by atoms with van der Waals surface area (Å²) in [5.74, 6) is 0.789. The minimum atomic E-state index is -1.13. The van der Waals surface area contributed by atoms with Gasteiger partial charge in [-0.3, -0.25) is 0 Å². The fraction of sp³-hybridized carbons (Fsp3) is 0.429. The van der Waals surface area contributed by atoms with Crippen molar-refractivity contribution >= 4 is 6.16 Å². The Labute approximate surface area is 111 Å². The Balaban J connectivity index is 2.25. The Morgan fingerprint density at radius 2 is 2.16 bits per heavy atom. The van der Waals surface area contributed by atoms with Crippen LogP contribution in [0.3, 0.4) is 0 Å². The molecule has 1 unspecified atom stereocenters. The van der Waals surface area contributed by atoms with Gasteiger partial charge in [-0.15, -0.1) is 0 Å². The maximum absolute atomic E-state index is 11.2. The standard InChI is InChI=1S/C14H15NO4/c1-17-12-4-3-11-8-14(9-15,19-13(16)18-2)6-5-10(11)7-12/h3-4,7H,5-6,8H2,1-2H3. The molecule has 0 saturated carbocycles. The van der Waals surface area contributed by atoms with Crippen LogP contribution in [0, 0.1) is 11.3 Å². The highest BCUT2D eigenvalue weighted by Crippen LogP contribution is 2.33. The number of nitriles is 1. The van der Waals surface area contributed by atoms with E-state index >= 15 is 0 Å². The number of carbonyl (C=O) groups is 1. The molecule has 100 valence electrons. The molecule has 1 aliphatic carbocycles. The third kappa shape index (κ3) is 2.63. The topological polar surface area (TPSA) is 68.5 Å². The molecule has 0 amide bonds. The van der Waals surface area contributed by atoms with E-state index in [1.165, 1.54) is 7.11 Å². The van der Waals surface area contributed by atoms with E-state index in [9.17, 15) is 10.1 Å². The Morgan fingerprint density at radius 3 is 2.79 bits per heavy atom. The first-order chi connectivity index (χ1) is 9.12. The van der Waals surface area contributed by atoms with Crippen molar-refractivity contribution in [3.63, 3.8) is 0 Å². The van der Waals surface area contributed by atoms with Crippen molar-refractivity contribution in [2.45, 2.75) is 24.9 Å². The van der Waals surface area contributed by atoms with E-state index in [-0.39, 0.29) is 0 Å². The van der Waals surface area contributed by atoms with Gasteiger partial charge in [-0.2, -0.15) is 5.26 Å². The van der Waals surface area contributed by atoms with Gasteiger partial charge in [0.25, 0.3) is 0 Å². The maximum Gasteiger partial charge on any atom is 0.509 e. The molecular weight excluding hydrogens is 246 g/mol. The first-order valence-corrected chi connectivity index (χ1v) is 5.96. The van der Waals surface area contributed by atoms with E-state index in [2.05, 4.69) is 10.8 Å². The van der Waals surface area contributed by atoms with Crippen molar-refractivity contribution in [1.29, 1.82) is 5.26 Å². The van der Waals surface area contributed by atoms with Gasteiger partial charge >= 0.3 is 6.16 Å². The molecule has 1 atom stereocenters. The van der Waals surface area contributed by atoms with Crippen LogP contribution in [0.15, 0.2) is 18.2 Å². The average molecular weight is 261 g/mol. The molecule has 0 saturated heterocycles. The van der Waals surface area contributed by atoms with Crippen molar-refractivity contribution in [3.8, 4) is 11.8 Å². The second kappa shape index (κ2) is 5.19. The van der Waals surface area contributed by atoms with Gasteiger partial charge in [0.15, 0.2) is 0 Å². The van der Waals surface area contributed by atoms with Gasteiger partial charge in [-0.25, -0.2) is 4.79 Å². The van der Waals surface area contributed by atoms with E-state index < -0.39 is 11.8 Å². The fourth-order valence-electron chi connectivity index (χ4n) is 2.27. The lowest BCUT2D eigenvalue weighted by molar-refractivity contribution is -0.00320. The number of rotatable bonds is 2. The molecule has 2 rings (SSSR count). The fourth-order valence-corrected chi connectivity index (χ4v) is 2.27. The quantitative estimate of drug-likeness (QED) is 0.763. The lowest BCUT2D eigenvalue weighted by atomic mass is 9.81. The summed E-state index contributed by atoms with van der Waals surface area (Å²) in [5, 5.41) is 9.30. The summed E-state index contributed by atoms with van der Waals surface area (Å²) in [6.45, 7) is 0. The average Bonchev–Trinajstić information content (AvgIpc) is 2.46. The van der Waals surface area contributed by atoms with Crippen LogP contribution in [0.1, 0.15) is 17.5 Å². The van der Waals surface area contributed by atoms with Crippen LogP contribution in [0.25, 0.3) is 0 Å². The van der Waals surface area contributed by atoms with Gasteiger partial charge < -0.3 is 14.2 Å². The van der Waals surface area contributed by atoms with E-state index in [4.69, 9.17) is 9.47 Å². The smallest absolute Gasteiger partial charge is 0.497 e. The van der Waals surface area contributed by atoms with E-state index in [0.717, 1.165) is 16.9 Å². The summed E-state index contributed by atoms with van der Waals surface area (Å²) in [5.41, 5.74) is 0.991. The van der Waals surface area contributed by atoms with Crippen LogP contribution < -0.4 is 4.74 Å². The van der Waals surface area contributed by atoms with Crippen molar-refractivity contribution in [2.75, 3.05) is 14.2 Å². The largest absolute Gasteiger partial charge is 0.509 e. The second-order valence-corrected chi connectivity index (χ2v) is 4.47. The highest BCUT2D eigenvalue weighted by Gasteiger charge is 2.39. The molecule has 0 N–H and O–H groups in total. The molecule has 0 spiro atoms. The number of aryl methyl sites for hydroxylation is 1. The minimum absolute atomic E-state index is 0.373. The van der Waals surface area contributed by atoms with Gasteiger partial charge in [0.1, 0.15) is 11.8 Å². The van der Waals surface area contributed by atoms with E-state index in [1.54, 1.807) is 7.11 Å². The number of hydrogen-bond donors (Lipinski definition) is 0. The van der Waals surface area contributed by atoms with Crippen LogP contribution in [0.5, 0.6) is 5.75 Å². The number of fused-ring (bicyclic) bond motifs is 1. The summed E-state index contributed by atoms with van der Waals surface area (Å²) in [6.07, 6.45) is 0.673. The molecular formula is C14H15NO4. The van der Waals surface area contributed by atoms with Crippen LogP contribution >= 0.6 is 0 Å². The lowest BCUT2D eigenvalue weighted by Gasteiger charge is -2.31. The lowest BCUT2D eigenvalue weighted by Crippen LogP contribution is -2.39. The highest BCUT2D eigenvalue weighted by molar-refractivity contribution is 5.61. The zero-order valence-corrected chi connectivity index (χ0v) is 10.9. The summed E-state index contributed by atoms with van der Waals surface area (Å²) < 4.78 is 14.8. The zero-order valence-electron chi connectivity index (χ0n) is 10.9. The molecule has 19 heavy (non-hydrogen) atoms. The van der Waals surface area contributed by atoms with E-state index in [1.807, 2.05) is 18.2 Å². The molecule has 5 nitrogen and oxygen atoms in total. The molecule has 0 aromatic heterocycles. The number of ether oxygens (including phenoxy) is 3. The van der Waals surface area contributed by atoms with Crippen LogP contribution in [0.2, 0.25) is 0 Å². The van der Waals surface area contributed by atoms with Gasteiger partial charge in [0.2, 0.25) is 5.60 Å². The molecule has 1 aromatic carbocycles. The number of carbonyl (C=O) groups excluding carboxylic acids is 1. The third-order valence-electron chi connectivity index (χ3n) is 3.34. The predicted octanol–water partition coefficient (Wildman–Crippen LogP) is 2.23. The van der Waals surface area contributed by atoms with Gasteiger partial charge in [0.05, 0.1) is 14.2 Å². The molecule has 0 aliphatic heterocycles. The molecule has 0 fully saturated rings.